The van der Waals surface area contributed by atoms with Crippen LogP contribution in [0.2, 0.25) is 0 Å². The molecule has 7 nitrogen and oxygen atoms in total. The predicted molar refractivity (Wildman–Crippen MR) is 108 cm³/mol. The van der Waals surface area contributed by atoms with Crippen molar-refractivity contribution in [3.05, 3.63) is 58.6 Å². The summed E-state index contributed by atoms with van der Waals surface area (Å²) in [5, 5.41) is 16.7. The van der Waals surface area contributed by atoms with E-state index in [0.717, 1.165) is 12.1 Å². The number of aliphatic hydroxyl groups excluding tert-OH is 1. The van der Waals surface area contributed by atoms with Crippen LogP contribution in [-0.4, -0.2) is 55.7 Å². The minimum absolute atomic E-state index is 0.107. The molecule has 0 bridgehead atoms. The van der Waals surface area contributed by atoms with Crippen LogP contribution in [0.15, 0.2) is 47.4 Å². The summed E-state index contributed by atoms with van der Waals surface area (Å²) in [6.45, 7) is -0.438. The van der Waals surface area contributed by atoms with Gasteiger partial charge in [0.05, 0.1) is 40.2 Å². The number of ether oxygens (including phenoxy) is 1. The molecule has 2 N–H and O–H groups in total. The van der Waals surface area contributed by atoms with Gasteiger partial charge in [-0.05, 0) is 35.9 Å². The molecule has 0 aliphatic rings. The number of alkyl halides is 3. The number of hydrogen-bond donors (Lipinski definition) is 2. The second-order valence-corrected chi connectivity index (χ2v) is 6.28. The van der Waals surface area contributed by atoms with Crippen molar-refractivity contribution in [3.63, 3.8) is 0 Å². The molecular formula is C18H12B3F3N4O3. The first-order valence-corrected chi connectivity index (χ1v) is 8.72. The van der Waals surface area contributed by atoms with E-state index in [4.69, 9.17) is 23.5 Å². The quantitative estimate of drug-likeness (QED) is 0.459. The summed E-state index contributed by atoms with van der Waals surface area (Å²) < 4.78 is 42.4. The summed E-state index contributed by atoms with van der Waals surface area (Å²) in [7, 11) is 16.1. The van der Waals surface area contributed by atoms with E-state index in [9.17, 15) is 23.1 Å². The van der Waals surface area contributed by atoms with Crippen molar-refractivity contribution in [3.8, 4) is 11.4 Å². The van der Waals surface area contributed by atoms with Gasteiger partial charge in [-0.3, -0.25) is 4.79 Å². The lowest BCUT2D eigenvalue weighted by atomic mass is 9.69. The molecule has 2 aromatic heterocycles. The van der Waals surface area contributed by atoms with Crippen LogP contribution < -0.4 is 10.1 Å². The molecule has 3 aromatic rings. The normalized spacial score (nSPS) is 11.4. The minimum Gasteiger partial charge on any atom is -0.406 e. The van der Waals surface area contributed by atoms with Crippen molar-refractivity contribution in [2.24, 2.45) is 0 Å². The number of carbonyl (C=O) groups excluding carboxylic acids is 1. The first kappa shape index (κ1) is 22.5. The maximum Gasteiger partial charge on any atom is 0.573 e. The van der Waals surface area contributed by atoms with E-state index in [0.29, 0.717) is 28.0 Å². The number of aromatic nitrogens is 3. The van der Waals surface area contributed by atoms with Crippen LogP contribution in [0.25, 0.3) is 16.7 Å². The Balaban J connectivity index is 2.00. The highest BCUT2D eigenvalue weighted by atomic mass is 19.4. The Labute approximate surface area is 178 Å². The van der Waals surface area contributed by atoms with Gasteiger partial charge in [0, 0.05) is 11.6 Å². The number of hydrogen-bond acceptors (Lipinski definition) is 5. The third-order valence-electron chi connectivity index (χ3n) is 4.18. The summed E-state index contributed by atoms with van der Waals surface area (Å²) in [5.74, 6) is -1.11. The van der Waals surface area contributed by atoms with Gasteiger partial charge < -0.3 is 15.2 Å². The Kier molecular flexibility index (Phi) is 6.44. The molecule has 0 saturated heterocycles. The van der Waals surface area contributed by atoms with Crippen molar-refractivity contribution in [2.45, 2.75) is 19.5 Å². The van der Waals surface area contributed by atoms with E-state index >= 15 is 0 Å². The number of rotatable bonds is 6. The maximum absolute atomic E-state index is 12.4. The lowest BCUT2D eigenvalue weighted by Gasteiger charge is -2.09. The Morgan fingerprint density at radius 1 is 1.16 bits per heavy atom. The highest BCUT2D eigenvalue weighted by Gasteiger charge is 2.31. The fraction of sp³-hybridized carbons (Fsp3) is 0.167. The molecule has 0 aliphatic heterocycles. The molecule has 1 amide bonds. The molecule has 152 valence electrons. The number of amides is 1. The number of pyridine rings is 1. The molecule has 0 aliphatic carbocycles. The Morgan fingerprint density at radius 3 is 2.42 bits per heavy atom. The molecule has 2 heterocycles. The number of benzene rings is 1. The molecule has 1 aromatic carbocycles. The van der Waals surface area contributed by atoms with Gasteiger partial charge in [0.2, 0.25) is 5.91 Å². The van der Waals surface area contributed by atoms with Crippen LogP contribution in [0.1, 0.15) is 11.3 Å². The van der Waals surface area contributed by atoms with Gasteiger partial charge in [-0.25, -0.2) is 9.67 Å². The number of carbonyl (C=O) groups is 1. The monoisotopic (exact) mass is 422 g/mol. The van der Waals surface area contributed by atoms with Gasteiger partial charge in [-0.15, -0.1) is 13.2 Å². The van der Waals surface area contributed by atoms with Gasteiger partial charge in [-0.1, -0.05) is 5.47 Å². The molecule has 31 heavy (non-hydrogen) atoms. The van der Waals surface area contributed by atoms with Crippen molar-refractivity contribution in [1.82, 2.24) is 20.1 Å². The van der Waals surface area contributed by atoms with Gasteiger partial charge in [-0.2, -0.15) is 10.5 Å². The fourth-order valence-corrected chi connectivity index (χ4v) is 2.80. The number of aliphatic hydroxyl groups is 1. The zero-order chi connectivity index (χ0) is 22.8. The molecule has 0 spiro atoms. The topological polar surface area (TPSA) is 89.3 Å². The highest BCUT2D eigenvalue weighted by Crippen LogP contribution is 2.27. The summed E-state index contributed by atoms with van der Waals surface area (Å²) >= 11 is 0. The average molecular weight is 422 g/mol. The van der Waals surface area contributed by atoms with Crippen LogP contribution in [0.4, 0.5) is 13.2 Å². The first-order valence-electron chi connectivity index (χ1n) is 8.72. The minimum atomic E-state index is -4.81. The summed E-state index contributed by atoms with van der Waals surface area (Å²) in [6.07, 6.45) is -3.36. The standard InChI is InChI=1S/C18H12B3F3N4O3/c19-14(15(20)21)17(30)26-7-12-13-9(8-29)5-6-25-16(13)28(27-12)10-1-3-11(4-2-10)31-18(22,23)24/h1-6,29H,7-8H2,(H,26,30). The zero-order valence-corrected chi connectivity index (χ0v) is 15.8. The van der Waals surface area contributed by atoms with E-state index in [-0.39, 0.29) is 24.0 Å². The van der Waals surface area contributed by atoms with Crippen molar-refractivity contribution in [1.29, 1.82) is 0 Å². The Hall–Kier alpha value is -3.21. The van der Waals surface area contributed by atoms with Gasteiger partial charge >= 0.3 is 6.36 Å². The van der Waals surface area contributed by atoms with Gasteiger partial charge in [0.15, 0.2) is 5.65 Å². The predicted octanol–water partition coefficient (Wildman–Crippen LogP) is 1.10. The van der Waals surface area contributed by atoms with E-state index < -0.39 is 18.0 Å². The molecule has 3 rings (SSSR count). The molecule has 0 unspecified atom stereocenters. The molecule has 0 saturated carbocycles. The SMILES string of the molecule is [B]C([B])=C([B])C(=O)NCc1nn(-c2ccc(OC(F)(F)F)cc2)c2nccc(CO)c12. The van der Waals surface area contributed by atoms with Crippen molar-refractivity contribution >= 4 is 40.5 Å². The maximum atomic E-state index is 12.4. The van der Waals surface area contributed by atoms with E-state index in [1.54, 1.807) is 6.07 Å². The smallest absolute Gasteiger partial charge is 0.406 e. The fourth-order valence-electron chi connectivity index (χ4n) is 2.80. The molecule has 0 atom stereocenters. The first-order chi connectivity index (χ1) is 14.6. The van der Waals surface area contributed by atoms with E-state index in [2.05, 4.69) is 20.1 Å². The molecule has 0 fully saturated rings. The lowest BCUT2D eigenvalue weighted by molar-refractivity contribution is -0.274. The van der Waals surface area contributed by atoms with Crippen LogP contribution in [-0.2, 0) is 17.9 Å². The zero-order valence-electron chi connectivity index (χ0n) is 15.8. The number of nitrogens with one attached hydrogen (secondary N) is 1. The molecular weight excluding hydrogens is 410 g/mol. The van der Waals surface area contributed by atoms with Crippen molar-refractivity contribution in [2.75, 3.05) is 0 Å². The highest BCUT2D eigenvalue weighted by molar-refractivity contribution is 6.55. The van der Waals surface area contributed by atoms with Crippen LogP contribution >= 0.6 is 0 Å². The van der Waals surface area contributed by atoms with Crippen molar-refractivity contribution < 1.29 is 27.8 Å². The van der Waals surface area contributed by atoms with Crippen LogP contribution in [0.3, 0.4) is 0 Å². The number of halogens is 3. The van der Waals surface area contributed by atoms with Gasteiger partial charge in [0.1, 0.15) is 13.6 Å². The Bertz CT molecular complexity index is 1140. The molecule has 6 radical (unpaired) electrons. The summed E-state index contributed by atoms with van der Waals surface area (Å²) in [5.41, 5.74) is 1.16. The Morgan fingerprint density at radius 2 is 1.84 bits per heavy atom. The molecule has 13 heteroatoms. The number of fused-ring (bicyclic) bond motifs is 1. The largest absolute Gasteiger partial charge is 0.573 e. The van der Waals surface area contributed by atoms with Crippen LogP contribution in [0.5, 0.6) is 5.75 Å². The lowest BCUT2D eigenvalue weighted by Crippen LogP contribution is -2.26. The average Bonchev–Trinajstić information content (AvgIpc) is 3.09. The van der Waals surface area contributed by atoms with Crippen LogP contribution in [0, 0.1) is 0 Å². The summed E-state index contributed by atoms with van der Waals surface area (Å²) in [6, 6.07) is 6.55. The number of nitrogens with zero attached hydrogens (tertiary/aromatic N) is 3. The van der Waals surface area contributed by atoms with Gasteiger partial charge in [0.25, 0.3) is 0 Å². The summed E-state index contributed by atoms with van der Waals surface area (Å²) in [4.78, 5) is 16.3. The third-order valence-corrected chi connectivity index (χ3v) is 4.18. The second-order valence-electron chi connectivity index (χ2n) is 6.28. The third kappa shape index (κ3) is 5.11. The van der Waals surface area contributed by atoms with E-state index in [1.807, 2.05) is 0 Å². The van der Waals surface area contributed by atoms with E-state index in [1.165, 1.54) is 23.0 Å². The second kappa shape index (κ2) is 8.89.